The van der Waals surface area contributed by atoms with Gasteiger partial charge in [-0.05, 0) is 73.2 Å². The van der Waals surface area contributed by atoms with E-state index in [-0.39, 0.29) is 9.79 Å². The highest BCUT2D eigenvalue weighted by molar-refractivity contribution is 9.10. The summed E-state index contributed by atoms with van der Waals surface area (Å²) in [6.07, 6.45) is 0. The molecular formula is C19H16Br2N2O4S2. The minimum atomic E-state index is -3.98. The van der Waals surface area contributed by atoms with Crippen molar-refractivity contribution in [2.24, 2.45) is 0 Å². The van der Waals surface area contributed by atoms with Crippen LogP contribution in [0.1, 0.15) is 5.56 Å². The van der Waals surface area contributed by atoms with Crippen molar-refractivity contribution in [3.63, 3.8) is 0 Å². The van der Waals surface area contributed by atoms with Crippen molar-refractivity contribution in [1.82, 2.24) is 0 Å². The number of nitrogens with one attached hydrogen (secondary N) is 2. The van der Waals surface area contributed by atoms with E-state index in [1.54, 1.807) is 55.5 Å². The Hall–Kier alpha value is -1.88. The Balaban J connectivity index is 1.94. The third-order valence-corrected chi connectivity index (χ3v) is 7.91. The molecule has 0 heterocycles. The number of halogens is 2. The summed E-state index contributed by atoms with van der Waals surface area (Å²) in [5.41, 5.74) is 1.16. The lowest BCUT2D eigenvalue weighted by molar-refractivity contribution is 0.599. The molecule has 152 valence electrons. The predicted molar refractivity (Wildman–Crippen MR) is 121 cm³/mol. The Morgan fingerprint density at radius 2 is 1.10 bits per heavy atom. The van der Waals surface area contributed by atoms with E-state index in [4.69, 9.17) is 0 Å². The van der Waals surface area contributed by atoms with E-state index in [0.29, 0.717) is 16.9 Å². The number of benzene rings is 3. The van der Waals surface area contributed by atoms with E-state index in [2.05, 4.69) is 41.3 Å². The first kappa shape index (κ1) is 21.8. The minimum absolute atomic E-state index is 0.112. The molecule has 0 aromatic heterocycles. The van der Waals surface area contributed by atoms with Crippen LogP contribution in [0.25, 0.3) is 0 Å². The molecular weight excluding hydrogens is 544 g/mol. The third kappa shape index (κ3) is 5.39. The fourth-order valence-corrected chi connectivity index (χ4v) is 5.52. The number of anilines is 2. The molecule has 0 unspecified atom stereocenters. The largest absolute Gasteiger partial charge is 0.280 e. The predicted octanol–water partition coefficient (Wildman–Crippen LogP) is 5.12. The maximum atomic E-state index is 12.8. The maximum absolute atomic E-state index is 12.8. The summed E-state index contributed by atoms with van der Waals surface area (Å²) in [5.74, 6) is 0. The highest BCUT2D eigenvalue weighted by Gasteiger charge is 2.22. The fraction of sp³-hybridized carbons (Fsp3) is 0.0526. The van der Waals surface area contributed by atoms with Crippen LogP contribution in [0.2, 0.25) is 0 Å². The second-order valence-corrected chi connectivity index (χ2v) is 11.3. The van der Waals surface area contributed by atoms with Crippen molar-refractivity contribution < 1.29 is 16.8 Å². The van der Waals surface area contributed by atoms with Crippen molar-refractivity contribution in [2.75, 3.05) is 9.44 Å². The summed E-state index contributed by atoms with van der Waals surface area (Å²) in [6.45, 7) is 1.61. The summed E-state index contributed by atoms with van der Waals surface area (Å²) in [5, 5.41) is 0. The van der Waals surface area contributed by atoms with E-state index >= 15 is 0 Å². The molecule has 0 saturated carbocycles. The third-order valence-electron chi connectivity index (χ3n) is 3.95. The standard InChI is InChI=1S/C19H16Br2N2O4S2/c1-13-2-11-18(28(24,25)22-16-7-3-14(20)4-8-16)12-19(13)29(26,27)23-17-9-5-15(21)6-10-17/h2-12,22-23H,1H3. The molecule has 3 aromatic carbocycles. The molecule has 0 spiro atoms. The number of sulfonamides is 2. The van der Waals surface area contributed by atoms with Gasteiger partial charge in [-0.1, -0.05) is 37.9 Å². The lowest BCUT2D eigenvalue weighted by atomic mass is 10.2. The number of hydrogen-bond acceptors (Lipinski definition) is 4. The van der Waals surface area contributed by atoms with Gasteiger partial charge in [0, 0.05) is 20.3 Å². The van der Waals surface area contributed by atoms with Gasteiger partial charge >= 0.3 is 0 Å². The Labute approximate surface area is 186 Å². The fourth-order valence-electron chi connectivity index (χ4n) is 2.50. The maximum Gasteiger partial charge on any atom is 0.262 e. The number of rotatable bonds is 6. The molecule has 2 N–H and O–H groups in total. The van der Waals surface area contributed by atoms with Crippen molar-refractivity contribution in [3.8, 4) is 0 Å². The monoisotopic (exact) mass is 558 g/mol. The molecule has 10 heteroatoms. The number of aryl methyl sites for hydroxylation is 1. The van der Waals surface area contributed by atoms with Gasteiger partial charge < -0.3 is 0 Å². The van der Waals surface area contributed by atoms with Crippen LogP contribution in [0.15, 0.2) is 85.5 Å². The van der Waals surface area contributed by atoms with Crippen LogP contribution in [-0.4, -0.2) is 16.8 Å². The van der Waals surface area contributed by atoms with Crippen molar-refractivity contribution >= 4 is 63.3 Å². The van der Waals surface area contributed by atoms with E-state index < -0.39 is 20.0 Å². The van der Waals surface area contributed by atoms with Crippen LogP contribution < -0.4 is 9.44 Å². The number of hydrogen-bond donors (Lipinski definition) is 2. The van der Waals surface area contributed by atoms with Gasteiger partial charge in [0.05, 0.1) is 9.79 Å². The molecule has 0 radical (unpaired) electrons. The first-order valence-corrected chi connectivity index (χ1v) is 12.8. The van der Waals surface area contributed by atoms with E-state index in [0.717, 1.165) is 15.0 Å². The zero-order valence-electron chi connectivity index (χ0n) is 15.1. The lowest BCUT2D eigenvalue weighted by Crippen LogP contribution is -2.17. The summed E-state index contributed by atoms with van der Waals surface area (Å²) in [6, 6.07) is 17.2. The minimum Gasteiger partial charge on any atom is -0.280 e. The Bertz CT molecular complexity index is 1240. The zero-order valence-corrected chi connectivity index (χ0v) is 19.9. The molecule has 0 atom stereocenters. The molecule has 3 rings (SSSR count). The van der Waals surface area contributed by atoms with E-state index in [1.165, 1.54) is 12.1 Å². The second kappa shape index (κ2) is 8.47. The van der Waals surface area contributed by atoms with Gasteiger partial charge in [-0.25, -0.2) is 16.8 Å². The molecule has 0 aliphatic heterocycles. The highest BCUT2D eigenvalue weighted by atomic mass is 79.9. The molecule has 29 heavy (non-hydrogen) atoms. The molecule has 0 aliphatic carbocycles. The summed E-state index contributed by atoms with van der Waals surface area (Å²) < 4.78 is 57.7. The van der Waals surface area contributed by atoms with Crippen LogP contribution in [0.3, 0.4) is 0 Å². The van der Waals surface area contributed by atoms with Crippen molar-refractivity contribution in [1.29, 1.82) is 0 Å². The normalized spacial score (nSPS) is 11.8. The van der Waals surface area contributed by atoms with Crippen molar-refractivity contribution in [2.45, 2.75) is 16.7 Å². The van der Waals surface area contributed by atoms with Gasteiger partial charge in [-0.3, -0.25) is 9.44 Å². The van der Waals surface area contributed by atoms with Gasteiger partial charge in [-0.15, -0.1) is 0 Å². The average molecular weight is 560 g/mol. The first-order valence-electron chi connectivity index (χ1n) is 8.24. The van der Waals surface area contributed by atoms with Crippen LogP contribution in [0, 0.1) is 6.92 Å². The topological polar surface area (TPSA) is 92.3 Å². The van der Waals surface area contributed by atoms with Gasteiger partial charge in [0.15, 0.2) is 0 Å². The van der Waals surface area contributed by atoms with E-state index in [1.807, 2.05) is 0 Å². The first-order chi connectivity index (χ1) is 13.6. The van der Waals surface area contributed by atoms with Crippen LogP contribution in [0.4, 0.5) is 11.4 Å². The molecule has 0 fully saturated rings. The van der Waals surface area contributed by atoms with Crippen LogP contribution >= 0.6 is 31.9 Å². The summed E-state index contributed by atoms with van der Waals surface area (Å²) in [4.78, 5) is -0.263. The Morgan fingerprint density at radius 1 is 0.655 bits per heavy atom. The van der Waals surface area contributed by atoms with Crippen LogP contribution in [-0.2, 0) is 20.0 Å². The zero-order chi connectivity index (χ0) is 21.2. The van der Waals surface area contributed by atoms with Gasteiger partial charge in [0.25, 0.3) is 20.0 Å². The Kier molecular flexibility index (Phi) is 6.37. The second-order valence-electron chi connectivity index (χ2n) is 6.15. The lowest BCUT2D eigenvalue weighted by Gasteiger charge is -2.13. The Morgan fingerprint density at radius 3 is 1.59 bits per heavy atom. The molecule has 0 aliphatic rings. The van der Waals surface area contributed by atoms with E-state index in [9.17, 15) is 16.8 Å². The van der Waals surface area contributed by atoms with Crippen LogP contribution in [0.5, 0.6) is 0 Å². The SMILES string of the molecule is Cc1ccc(S(=O)(=O)Nc2ccc(Br)cc2)cc1S(=O)(=O)Nc1ccc(Br)cc1. The molecule has 0 saturated heterocycles. The smallest absolute Gasteiger partial charge is 0.262 e. The van der Waals surface area contributed by atoms with Crippen molar-refractivity contribution in [3.05, 3.63) is 81.2 Å². The van der Waals surface area contributed by atoms with Gasteiger partial charge in [0.1, 0.15) is 0 Å². The average Bonchev–Trinajstić information content (AvgIpc) is 2.65. The molecule has 0 amide bonds. The van der Waals surface area contributed by atoms with Gasteiger partial charge in [0.2, 0.25) is 0 Å². The molecule has 6 nitrogen and oxygen atoms in total. The highest BCUT2D eigenvalue weighted by Crippen LogP contribution is 2.25. The van der Waals surface area contributed by atoms with Gasteiger partial charge in [-0.2, -0.15) is 0 Å². The molecule has 0 bridgehead atoms. The summed E-state index contributed by atoms with van der Waals surface area (Å²) >= 11 is 6.58. The summed E-state index contributed by atoms with van der Waals surface area (Å²) in [7, 11) is -7.95. The molecule has 3 aromatic rings. The quantitative estimate of drug-likeness (QED) is 0.438.